The second-order valence-corrected chi connectivity index (χ2v) is 13.0. The molecule has 1 fully saturated rings. The van der Waals surface area contributed by atoms with Crippen molar-refractivity contribution < 1.29 is 15.0 Å². The molecule has 4 nitrogen and oxygen atoms in total. The summed E-state index contributed by atoms with van der Waals surface area (Å²) in [5.74, 6) is 0.0784. The van der Waals surface area contributed by atoms with Crippen LogP contribution in [0.4, 0.5) is 0 Å². The third-order valence-electron chi connectivity index (χ3n) is 7.61. The quantitative estimate of drug-likeness (QED) is 0.184. The number of halogens is 1. The summed E-state index contributed by atoms with van der Waals surface area (Å²) in [5.41, 5.74) is 4.60. The molecule has 1 aromatic heterocycles. The predicted octanol–water partition coefficient (Wildman–Crippen LogP) is 9.31. The lowest BCUT2D eigenvalue weighted by atomic mass is 9.90. The first-order valence-corrected chi connectivity index (χ1v) is 15.3. The summed E-state index contributed by atoms with van der Waals surface area (Å²) in [6, 6.07) is 18.2. The fourth-order valence-electron chi connectivity index (χ4n) is 5.14. The van der Waals surface area contributed by atoms with Gasteiger partial charge in [-0.15, -0.1) is 0 Å². The largest absolute Gasteiger partial charge is 0.481 e. The topological polar surface area (TPSA) is 70.4 Å². The van der Waals surface area contributed by atoms with E-state index < -0.39 is 11.6 Å². The molecule has 0 saturated heterocycles. The molecule has 1 atom stereocenters. The van der Waals surface area contributed by atoms with E-state index in [1.165, 1.54) is 5.56 Å². The Morgan fingerprint density at radius 1 is 1.12 bits per heavy atom. The van der Waals surface area contributed by atoms with Crippen molar-refractivity contribution in [2.75, 3.05) is 5.75 Å². The molecule has 0 aliphatic heterocycles. The number of aromatic nitrogens is 1. The fraction of sp³-hybridized carbons (Fsp3) is 0.314. The minimum atomic E-state index is -1.01. The monoisotopic (exact) mass is 587 g/mol. The average Bonchev–Trinajstić information content (AvgIpc) is 3.68. The Morgan fingerprint density at radius 3 is 2.54 bits per heavy atom. The van der Waals surface area contributed by atoms with Gasteiger partial charge in [0.15, 0.2) is 0 Å². The van der Waals surface area contributed by atoms with E-state index in [0.717, 1.165) is 64.7 Å². The average molecular weight is 588 g/mol. The number of thioether (sulfide) groups is 1. The van der Waals surface area contributed by atoms with E-state index in [4.69, 9.17) is 16.6 Å². The first-order valence-electron chi connectivity index (χ1n) is 13.9. The number of aliphatic carboxylic acids is 1. The van der Waals surface area contributed by atoms with E-state index in [-0.39, 0.29) is 17.1 Å². The van der Waals surface area contributed by atoms with Crippen LogP contribution in [0.3, 0.4) is 0 Å². The second kappa shape index (κ2) is 13.2. The van der Waals surface area contributed by atoms with Gasteiger partial charge in [-0.25, -0.2) is 4.98 Å². The van der Waals surface area contributed by atoms with Gasteiger partial charge in [-0.05, 0) is 91.5 Å². The highest BCUT2D eigenvalue weighted by molar-refractivity contribution is 7.99. The SMILES string of the molecule is C=C/C(CC[C@@H](SCC1(CC(=O)O)CC1)c1cccc(/C=C/c2ccc3ccc(Cl)cc3n2)c1)=C(\C=C)C(C)(C)O. The van der Waals surface area contributed by atoms with Crippen LogP contribution < -0.4 is 0 Å². The molecule has 1 aliphatic rings. The fourth-order valence-corrected chi connectivity index (χ4v) is 6.88. The number of pyridine rings is 1. The van der Waals surface area contributed by atoms with E-state index in [0.29, 0.717) is 5.02 Å². The van der Waals surface area contributed by atoms with Crippen LogP contribution in [0.15, 0.2) is 91.1 Å². The predicted molar refractivity (Wildman–Crippen MR) is 174 cm³/mol. The van der Waals surface area contributed by atoms with Gasteiger partial charge >= 0.3 is 5.97 Å². The van der Waals surface area contributed by atoms with Crippen LogP contribution in [0.25, 0.3) is 23.1 Å². The Kier molecular flexibility index (Phi) is 9.96. The highest BCUT2D eigenvalue weighted by atomic mass is 35.5. The lowest BCUT2D eigenvalue weighted by Gasteiger charge is -2.24. The number of fused-ring (bicyclic) bond motifs is 1. The Labute approximate surface area is 252 Å². The van der Waals surface area contributed by atoms with Gasteiger partial charge in [0.05, 0.1) is 23.2 Å². The van der Waals surface area contributed by atoms with E-state index in [1.54, 1.807) is 19.9 Å². The van der Waals surface area contributed by atoms with Gasteiger partial charge in [-0.3, -0.25) is 4.79 Å². The number of carbonyl (C=O) groups is 1. The Bertz CT molecular complexity index is 1500. The summed E-state index contributed by atoms with van der Waals surface area (Å²) in [4.78, 5) is 16.2. The van der Waals surface area contributed by atoms with E-state index in [2.05, 4.69) is 43.5 Å². The minimum absolute atomic E-state index is 0.104. The molecule has 6 heteroatoms. The number of benzene rings is 2. The first-order chi connectivity index (χ1) is 19.5. The zero-order chi connectivity index (χ0) is 29.6. The number of hydrogen-bond donors (Lipinski definition) is 2. The van der Waals surface area contributed by atoms with Crippen LogP contribution in [-0.4, -0.2) is 32.5 Å². The van der Waals surface area contributed by atoms with Crippen molar-refractivity contribution in [2.45, 2.75) is 56.8 Å². The molecule has 1 heterocycles. The maximum Gasteiger partial charge on any atom is 0.303 e. The zero-order valence-electron chi connectivity index (χ0n) is 23.8. The van der Waals surface area contributed by atoms with Crippen LogP contribution in [0.2, 0.25) is 5.02 Å². The summed E-state index contributed by atoms with van der Waals surface area (Å²) >= 11 is 7.99. The Hall–Kier alpha value is -3.12. The molecule has 0 amide bonds. The lowest BCUT2D eigenvalue weighted by molar-refractivity contribution is -0.138. The summed E-state index contributed by atoms with van der Waals surface area (Å²) < 4.78 is 0. The highest BCUT2D eigenvalue weighted by Crippen LogP contribution is 2.53. The van der Waals surface area contributed by atoms with Crippen molar-refractivity contribution in [3.63, 3.8) is 0 Å². The standard InChI is InChI=1S/C35H38ClNO3S/c1-5-25(30(6-2)34(3,4)40)13-17-32(41-23-35(18-19-35)22-33(38)39)27-9-7-8-24(20-27)10-15-29-16-12-26-11-14-28(36)21-31(26)37-29/h5-12,14-16,20-21,32,40H,1-2,13,17-19,22-23H2,3-4H3,(H,38,39)/b15-10+,30-25-/t32-/m1/s1. The van der Waals surface area contributed by atoms with Crippen molar-refractivity contribution in [1.82, 2.24) is 4.98 Å². The molecule has 1 aliphatic carbocycles. The summed E-state index contributed by atoms with van der Waals surface area (Å²) in [7, 11) is 0. The summed E-state index contributed by atoms with van der Waals surface area (Å²) in [6.45, 7) is 11.4. The van der Waals surface area contributed by atoms with Crippen LogP contribution >= 0.6 is 23.4 Å². The normalized spacial score (nSPS) is 15.9. The number of nitrogens with zero attached hydrogens (tertiary/aromatic N) is 1. The summed E-state index contributed by atoms with van der Waals surface area (Å²) in [6.07, 6.45) is 11.3. The van der Waals surface area contributed by atoms with E-state index in [1.807, 2.05) is 54.2 Å². The van der Waals surface area contributed by atoms with Crippen molar-refractivity contribution in [3.05, 3.63) is 113 Å². The molecule has 0 unspecified atom stereocenters. The van der Waals surface area contributed by atoms with Gasteiger partial charge in [0.2, 0.25) is 0 Å². The number of aliphatic hydroxyl groups is 1. The van der Waals surface area contributed by atoms with Crippen molar-refractivity contribution >= 4 is 52.4 Å². The zero-order valence-corrected chi connectivity index (χ0v) is 25.3. The lowest BCUT2D eigenvalue weighted by Crippen LogP contribution is -2.22. The van der Waals surface area contributed by atoms with Crippen LogP contribution in [0.5, 0.6) is 0 Å². The van der Waals surface area contributed by atoms with E-state index in [9.17, 15) is 15.0 Å². The molecule has 2 N–H and O–H groups in total. The van der Waals surface area contributed by atoms with Crippen molar-refractivity contribution in [1.29, 1.82) is 0 Å². The molecule has 1 saturated carbocycles. The van der Waals surface area contributed by atoms with Gasteiger partial charge in [-0.1, -0.05) is 79.4 Å². The van der Waals surface area contributed by atoms with E-state index >= 15 is 0 Å². The molecule has 214 valence electrons. The Balaban J connectivity index is 1.58. The maximum absolute atomic E-state index is 11.5. The molecule has 0 bridgehead atoms. The number of rotatable bonds is 14. The molecule has 0 spiro atoms. The third-order valence-corrected chi connectivity index (χ3v) is 9.53. The van der Waals surface area contributed by atoms with Crippen molar-refractivity contribution in [3.8, 4) is 0 Å². The molecular weight excluding hydrogens is 550 g/mol. The number of allylic oxidation sites excluding steroid dienone is 2. The highest BCUT2D eigenvalue weighted by Gasteiger charge is 2.44. The maximum atomic E-state index is 11.5. The number of carboxylic acid groups (broad SMARTS) is 1. The van der Waals surface area contributed by atoms with Gasteiger partial charge in [-0.2, -0.15) is 11.8 Å². The molecule has 41 heavy (non-hydrogen) atoms. The third kappa shape index (κ3) is 8.45. The van der Waals surface area contributed by atoms with Crippen LogP contribution in [0, 0.1) is 5.41 Å². The van der Waals surface area contributed by atoms with Gasteiger partial charge in [0.1, 0.15) is 0 Å². The number of carboxylic acids is 1. The smallest absolute Gasteiger partial charge is 0.303 e. The first kappa shape index (κ1) is 30.8. The second-order valence-electron chi connectivity index (χ2n) is 11.4. The molecule has 4 rings (SSSR count). The van der Waals surface area contributed by atoms with Crippen LogP contribution in [-0.2, 0) is 4.79 Å². The van der Waals surface area contributed by atoms with Crippen molar-refractivity contribution in [2.24, 2.45) is 5.41 Å². The minimum Gasteiger partial charge on any atom is -0.481 e. The van der Waals surface area contributed by atoms with Gasteiger partial charge in [0.25, 0.3) is 0 Å². The molecule has 0 radical (unpaired) electrons. The molecule has 2 aromatic carbocycles. The number of hydrogen-bond acceptors (Lipinski definition) is 4. The Morgan fingerprint density at radius 2 is 1.88 bits per heavy atom. The van der Waals surface area contributed by atoms with Gasteiger partial charge < -0.3 is 10.2 Å². The molecule has 3 aromatic rings. The van der Waals surface area contributed by atoms with Gasteiger partial charge in [0, 0.05) is 21.4 Å². The molecular formula is C35H38ClNO3S. The van der Waals surface area contributed by atoms with Crippen LogP contribution in [0.1, 0.15) is 68.0 Å². The summed E-state index contributed by atoms with van der Waals surface area (Å²) in [5, 5.41) is 22.0.